The highest BCUT2D eigenvalue weighted by atomic mass is 19.1. The van der Waals surface area contributed by atoms with E-state index in [9.17, 15) is 14.3 Å². The molecule has 3 rings (SSSR count). The summed E-state index contributed by atoms with van der Waals surface area (Å²) < 4.78 is 18.6. The van der Waals surface area contributed by atoms with Gasteiger partial charge in [-0.3, -0.25) is 4.79 Å². The largest absolute Gasteiger partial charge is 0.493 e. The Morgan fingerprint density at radius 2 is 1.88 bits per heavy atom. The molecule has 0 unspecified atom stereocenters. The first-order chi connectivity index (χ1) is 12.6. The Kier molecular flexibility index (Phi) is 6.23. The van der Waals surface area contributed by atoms with Crippen LogP contribution in [0.2, 0.25) is 0 Å². The van der Waals surface area contributed by atoms with Crippen LogP contribution < -0.4 is 4.74 Å². The average Bonchev–Trinajstić information content (AvgIpc) is 2.66. The molecule has 4 nitrogen and oxygen atoms in total. The van der Waals surface area contributed by atoms with Crippen molar-refractivity contribution in [3.8, 4) is 5.75 Å². The molecule has 5 heteroatoms. The van der Waals surface area contributed by atoms with Crippen LogP contribution in [0, 0.1) is 11.7 Å². The molecule has 1 saturated heterocycles. The maximum Gasteiger partial charge on any atom is 0.226 e. The third kappa shape index (κ3) is 5.05. The van der Waals surface area contributed by atoms with Crippen molar-refractivity contribution in [1.29, 1.82) is 0 Å². The molecule has 138 valence electrons. The second-order valence-corrected chi connectivity index (χ2v) is 6.70. The van der Waals surface area contributed by atoms with Gasteiger partial charge in [0.25, 0.3) is 0 Å². The molecule has 2 atom stereocenters. The van der Waals surface area contributed by atoms with Gasteiger partial charge in [-0.2, -0.15) is 0 Å². The van der Waals surface area contributed by atoms with E-state index in [4.69, 9.17) is 4.74 Å². The molecule has 0 saturated carbocycles. The van der Waals surface area contributed by atoms with E-state index >= 15 is 0 Å². The standard InChI is InChI=1S/C21H24FNO3/c22-18-8-6-16(7-9-18)14-17-15-23(12-10-20(17)24)21(25)11-13-26-19-4-2-1-3-5-19/h1-9,17,20,24H,10-15H2/t17-,20-/m1/s1. The van der Waals surface area contributed by atoms with Gasteiger partial charge in [0.15, 0.2) is 0 Å². The molecule has 2 aromatic rings. The van der Waals surface area contributed by atoms with Gasteiger partial charge in [-0.05, 0) is 42.7 Å². The van der Waals surface area contributed by atoms with E-state index < -0.39 is 6.10 Å². The van der Waals surface area contributed by atoms with Crippen molar-refractivity contribution in [2.45, 2.75) is 25.4 Å². The molecular formula is C21H24FNO3. The van der Waals surface area contributed by atoms with E-state index in [0.717, 1.165) is 11.3 Å². The summed E-state index contributed by atoms with van der Waals surface area (Å²) >= 11 is 0. The Morgan fingerprint density at radius 1 is 1.15 bits per heavy atom. The predicted molar refractivity (Wildman–Crippen MR) is 97.4 cm³/mol. The van der Waals surface area contributed by atoms with Gasteiger partial charge in [-0.25, -0.2) is 4.39 Å². The average molecular weight is 357 g/mol. The maximum absolute atomic E-state index is 13.0. The lowest BCUT2D eigenvalue weighted by Crippen LogP contribution is -2.47. The van der Waals surface area contributed by atoms with E-state index in [-0.39, 0.29) is 17.6 Å². The molecule has 26 heavy (non-hydrogen) atoms. The fourth-order valence-corrected chi connectivity index (χ4v) is 3.30. The van der Waals surface area contributed by atoms with E-state index in [2.05, 4.69) is 0 Å². The van der Waals surface area contributed by atoms with Crippen LogP contribution in [-0.2, 0) is 11.2 Å². The number of nitrogens with zero attached hydrogens (tertiary/aromatic N) is 1. The highest BCUT2D eigenvalue weighted by Gasteiger charge is 2.30. The number of aliphatic hydroxyl groups is 1. The number of benzene rings is 2. The molecule has 0 spiro atoms. The van der Waals surface area contributed by atoms with Gasteiger partial charge in [-0.1, -0.05) is 30.3 Å². The van der Waals surface area contributed by atoms with Crippen LogP contribution in [-0.4, -0.2) is 41.7 Å². The van der Waals surface area contributed by atoms with Crippen molar-refractivity contribution in [2.24, 2.45) is 5.92 Å². The fourth-order valence-electron chi connectivity index (χ4n) is 3.30. The van der Waals surface area contributed by atoms with Crippen LogP contribution in [0.5, 0.6) is 5.75 Å². The summed E-state index contributed by atoms with van der Waals surface area (Å²) in [5.74, 6) is 0.488. The van der Waals surface area contributed by atoms with Gasteiger partial charge >= 0.3 is 0 Å². The molecular weight excluding hydrogens is 333 g/mol. The van der Waals surface area contributed by atoms with Gasteiger partial charge < -0.3 is 14.7 Å². The summed E-state index contributed by atoms with van der Waals surface area (Å²) in [7, 11) is 0. The SMILES string of the molecule is O=C(CCOc1ccccc1)N1CC[C@@H](O)[C@H](Cc2ccc(F)cc2)C1. The summed E-state index contributed by atoms with van der Waals surface area (Å²) in [4.78, 5) is 14.3. The number of rotatable bonds is 6. The first-order valence-electron chi connectivity index (χ1n) is 9.00. The second kappa shape index (κ2) is 8.81. The maximum atomic E-state index is 13.0. The normalized spacial score (nSPS) is 20.0. The summed E-state index contributed by atoms with van der Waals surface area (Å²) in [6, 6.07) is 15.7. The van der Waals surface area contributed by atoms with E-state index in [1.165, 1.54) is 12.1 Å². The third-order valence-electron chi connectivity index (χ3n) is 4.79. The zero-order valence-electron chi connectivity index (χ0n) is 14.7. The Hall–Kier alpha value is -2.40. The van der Waals surface area contributed by atoms with Crippen molar-refractivity contribution in [2.75, 3.05) is 19.7 Å². The number of carbonyl (C=O) groups is 1. The molecule has 1 aliphatic heterocycles. The van der Waals surface area contributed by atoms with E-state index in [1.807, 2.05) is 30.3 Å². The highest BCUT2D eigenvalue weighted by molar-refractivity contribution is 5.76. The Labute approximate surface area is 153 Å². The van der Waals surface area contributed by atoms with Gasteiger partial charge in [0.05, 0.1) is 19.1 Å². The number of halogens is 1. The number of hydrogen-bond acceptors (Lipinski definition) is 3. The Balaban J connectivity index is 1.50. The molecule has 2 aromatic carbocycles. The monoisotopic (exact) mass is 357 g/mol. The first-order valence-corrected chi connectivity index (χ1v) is 9.00. The van der Waals surface area contributed by atoms with Crippen LogP contribution in [0.15, 0.2) is 54.6 Å². The number of piperidine rings is 1. The zero-order chi connectivity index (χ0) is 18.4. The zero-order valence-corrected chi connectivity index (χ0v) is 14.7. The molecule has 1 amide bonds. The van der Waals surface area contributed by atoms with Crippen molar-refractivity contribution >= 4 is 5.91 Å². The molecule has 0 bridgehead atoms. The molecule has 0 radical (unpaired) electrons. The number of likely N-dealkylation sites (tertiary alicyclic amines) is 1. The van der Waals surface area contributed by atoms with Gasteiger partial charge in [0.1, 0.15) is 11.6 Å². The number of ether oxygens (including phenoxy) is 1. The van der Waals surface area contributed by atoms with Crippen molar-refractivity contribution in [3.05, 3.63) is 66.0 Å². The smallest absolute Gasteiger partial charge is 0.226 e. The molecule has 0 aromatic heterocycles. The summed E-state index contributed by atoms with van der Waals surface area (Å²) in [6.07, 6.45) is 1.07. The molecule has 1 heterocycles. The Bertz CT molecular complexity index is 705. The van der Waals surface area contributed by atoms with Gasteiger partial charge in [0, 0.05) is 19.0 Å². The predicted octanol–water partition coefficient (Wildman–Crippen LogP) is 3.05. The quantitative estimate of drug-likeness (QED) is 0.864. The van der Waals surface area contributed by atoms with E-state index in [0.29, 0.717) is 39.0 Å². The van der Waals surface area contributed by atoms with Gasteiger partial charge in [0.2, 0.25) is 5.91 Å². The van der Waals surface area contributed by atoms with Crippen LogP contribution >= 0.6 is 0 Å². The Morgan fingerprint density at radius 3 is 2.62 bits per heavy atom. The minimum Gasteiger partial charge on any atom is -0.493 e. The van der Waals surface area contributed by atoms with Crippen LogP contribution in [0.1, 0.15) is 18.4 Å². The van der Waals surface area contributed by atoms with Crippen molar-refractivity contribution in [3.63, 3.8) is 0 Å². The molecule has 1 N–H and O–H groups in total. The number of hydrogen-bond donors (Lipinski definition) is 1. The number of amides is 1. The minimum atomic E-state index is -0.440. The van der Waals surface area contributed by atoms with Crippen LogP contribution in [0.3, 0.4) is 0 Å². The molecule has 1 aliphatic rings. The minimum absolute atomic E-state index is 0.0341. The van der Waals surface area contributed by atoms with Crippen molar-refractivity contribution in [1.82, 2.24) is 4.90 Å². The molecule has 1 fully saturated rings. The second-order valence-electron chi connectivity index (χ2n) is 6.70. The topological polar surface area (TPSA) is 49.8 Å². The van der Waals surface area contributed by atoms with Crippen molar-refractivity contribution < 1.29 is 19.0 Å². The molecule has 0 aliphatic carbocycles. The number of aliphatic hydroxyl groups excluding tert-OH is 1. The summed E-state index contributed by atoms with van der Waals surface area (Å²) in [5, 5.41) is 10.3. The number of para-hydroxylation sites is 1. The van der Waals surface area contributed by atoms with Crippen LogP contribution in [0.4, 0.5) is 4.39 Å². The summed E-state index contributed by atoms with van der Waals surface area (Å²) in [5.41, 5.74) is 0.970. The lowest BCUT2D eigenvalue weighted by atomic mass is 9.88. The number of carbonyl (C=O) groups excluding carboxylic acids is 1. The first kappa shape index (κ1) is 18.4. The van der Waals surface area contributed by atoms with E-state index in [1.54, 1.807) is 17.0 Å². The lowest BCUT2D eigenvalue weighted by Gasteiger charge is -2.36. The highest BCUT2D eigenvalue weighted by Crippen LogP contribution is 2.22. The summed E-state index contributed by atoms with van der Waals surface area (Å²) in [6.45, 7) is 1.42. The fraction of sp³-hybridized carbons (Fsp3) is 0.381. The lowest BCUT2D eigenvalue weighted by molar-refractivity contribution is -0.135. The van der Waals surface area contributed by atoms with Crippen LogP contribution in [0.25, 0.3) is 0 Å². The third-order valence-corrected chi connectivity index (χ3v) is 4.79. The van der Waals surface area contributed by atoms with Gasteiger partial charge in [-0.15, -0.1) is 0 Å².